The van der Waals surface area contributed by atoms with Crippen molar-refractivity contribution in [2.24, 2.45) is 0 Å². The first-order valence-electron chi connectivity index (χ1n) is 7.86. The predicted molar refractivity (Wildman–Crippen MR) is 92.3 cm³/mol. The Morgan fingerprint density at radius 1 is 1.17 bits per heavy atom. The Balaban J connectivity index is 1.70. The molecule has 0 radical (unpaired) electrons. The van der Waals surface area contributed by atoms with Gasteiger partial charge in [0.2, 0.25) is 0 Å². The van der Waals surface area contributed by atoms with Gasteiger partial charge in [-0.3, -0.25) is 4.79 Å². The maximum Gasteiger partial charge on any atom is 0.284 e. The summed E-state index contributed by atoms with van der Waals surface area (Å²) < 4.78 is 10.7. The number of hydrogen-bond donors (Lipinski definition) is 0. The van der Waals surface area contributed by atoms with Crippen molar-refractivity contribution in [2.75, 3.05) is 5.75 Å². The highest BCUT2D eigenvalue weighted by molar-refractivity contribution is 7.99. The fourth-order valence-corrected chi connectivity index (χ4v) is 3.03. The van der Waals surface area contributed by atoms with E-state index in [1.807, 2.05) is 12.1 Å². The largest absolute Gasteiger partial charge is 0.459 e. The molecule has 0 aliphatic heterocycles. The van der Waals surface area contributed by atoms with Crippen LogP contribution in [-0.2, 0) is 12.8 Å². The number of thioether (sulfide) groups is 1. The molecular formula is C18H18N2O3S. The second-order valence-corrected chi connectivity index (χ2v) is 6.19. The number of rotatable bonds is 7. The molecule has 0 fully saturated rings. The first kappa shape index (κ1) is 16.5. The van der Waals surface area contributed by atoms with Crippen LogP contribution in [0.3, 0.4) is 0 Å². The average Bonchev–Trinajstić information content (AvgIpc) is 3.30. The summed E-state index contributed by atoms with van der Waals surface area (Å²) in [4.78, 5) is 12.6. The Labute approximate surface area is 144 Å². The number of furan rings is 1. The topological polar surface area (TPSA) is 69.1 Å². The molecule has 2 aromatic heterocycles. The van der Waals surface area contributed by atoms with E-state index in [0.717, 1.165) is 24.0 Å². The van der Waals surface area contributed by atoms with Crippen molar-refractivity contribution in [1.29, 1.82) is 0 Å². The van der Waals surface area contributed by atoms with E-state index < -0.39 is 0 Å². The monoisotopic (exact) mass is 342 g/mol. The molecule has 0 saturated carbocycles. The van der Waals surface area contributed by atoms with Crippen LogP contribution in [0.25, 0.3) is 11.7 Å². The first-order chi connectivity index (χ1) is 11.7. The van der Waals surface area contributed by atoms with E-state index in [4.69, 9.17) is 8.83 Å². The van der Waals surface area contributed by atoms with Crippen LogP contribution in [0.2, 0.25) is 0 Å². The van der Waals surface area contributed by atoms with Gasteiger partial charge in [-0.15, -0.1) is 10.2 Å². The summed E-state index contributed by atoms with van der Waals surface area (Å²) in [6.45, 7) is 4.14. The van der Waals surface area contributed by atoms with Crippen LogP contribution >= 0.6 is 11.8 Å². The number of Topliss-reactive ketones (excluding diaryl/α,β-unsaturated/α-hetero) is 1. The van der Waals surface area contributed by atoms with E-state index >= 15 is 0 Å². The third-order valence-corrected chi connectivity index (χ3v) is 4.55. The van der Waals surface area contributed by atoms with Crippen LogP contribution in [0.4, 0.5) is 0 Å². The van der Waals surface area contributed by atoms with Crippen molar-refractivity contribution < 1.29 is 13.6 Å². The molecule has 0 aliphatic rings. The molecule has 124 valence electrons. The Hall–Kier alpha value is -2.34. The number of nitrogens with zero attached hydrogens (tertiary/aromatic N) is 2. The minimum Gasteiger partial charge on any atom is -0.459 e. The second-order valence-electron chi connectivity index (χ2n) is 5.26. The van der Waals surface area contributed by atoms with Gasteiger partial charge >= 0.3 is 0 Å². The lowest BCUT2D eigenvalue weighted by atomic mass is 9.98. The third kappa shape index (κ3) is 3.59. The van der Waals surface area contributed by atoms with Crippen molar-refractivity contribution in [1.82, 2.24) is 10.2 Å². The van der Waals surface area contributed by atoms with Gasteiger partial charge in [-0.05, 0) is 42.2 Å². The summed E-state index contributed by atoms with van der Waals surface area (Å²) in [6, 6.07) is 9.61. The van der Waals surface area contributed by atoms with Crippen molar-refractivity contribution in [3.05, 3.63) is 53.3 Å². The molecule has 0 bridgehead atoms. The second kappa shape index (κ2) is 7.49. The number of aromatic nitrogens is 2. The zero-order valence-corrected chi connectivity index (χ0v) is 14.4. The van der Waals surface area contributed by atoms with E-state index in [1.54, 1.807) is 18.4 Å². The molecule has 3 aromatic rings. The number of aryl methyl sites for hydroxylation is 2. The molecule has 5 nitrogen and oxygen atoms in total. The normalized spacial score (nSPS) is 10.9. The lowest BCUT2D eigenvalue weighted by molar-refractivity contribution is 0.102. The van der Waals surface area contributed by atoms with Gasteiger partial charge in [0, 0.05) is 5.56 Å². The summed E-state index contributed by atoms with van der Waals surface area (Å²) >= 11 is 1.24. The van der Waals surface area contributed by atoms with Gasteiger partial charge in [-0.25, -0.2) is 0 Å². The highest BCUT2D eigenvalue weighted by atomic mass is 32.2. The molecule has 0 N–H and O–H groups in total. The maximum absolute atomic E-state index is 12.6. The van der Waals surface area contributed by atoms with Crippen molar-refractivity contribution in [3.63, 3.8) is 0 Å². The fraction of sp³-hybridized carbons (Fsp3) is 0.278. The van der Waals surface area contributed by atoms with Gasteiger partial charge < -0.3 is 8.83 Å². The van der Waals surface area contributed by atoms with E-state index in [0.29, 0.717) is 16.9 Å². The molecule has 0 unspecified atom stereocenters. The molecule has 3 rings (SSSR count). The number of carbonyl (C=O) groups excluding carboxylic acids is 1. The molecule has 2 heterocycles. The van der Waals surface area contributed by atoms with Crippen LogP contribution in [0, 0.1) is 0 Å². The number of ketones is 1. The molecule has 24 heavy (non-hydrogen) atoms. The van der Waals surface area contributed by atoms with Gasteiger partial charge in [-0.1, -0.05) is 37.7 Å². The maximum atomic E-state index is 12.6. The molecule has 0 saturated heterocycles. The average molecular weight is 342 g/mol. The molecular weight excluding hydrogens is 324 g/mol. The van der Waals surface area contributed by atoms with Gasteiger partial charge in [0.05, 0.1) is 12.0 Å². The molecule has 1 aromatic carbocycles. The van der Waals surface area contributed by atoms with Gasteiger partial charge in [0.1, 0.15) is 0 Å². The Bertz CT molecular complexity index is 825. The van der Waals surface area contributed by atoms with E-state index in [2.05, 4.69) is 30.1 Å². The van der Waals surface area contributed by atoms with Crippen LogP contribution in [-0.4, -0.2) is 21.7 Å². The summed E-state index contributed by atoms with van der Waals surface area (Å²) in [5.74, 6) is 1.17. The number of benzene rings is 1. The third-order valence-electron chi connectivity index (χ3n) is 3.73. The van der Waals surface area contributed by atoms with Crippen molar-refractivity contribution >= 4 is 17.5 Å². The van der Waals surface area contributed by atoms with Crippen molar-refractivity contribution in [2.45, 2.75) is 31.9 Å². The zero-order valence-electron chi connectivity index (χ0n) is 13.6. The predicted octanol–water partition coefficient (Wildman–Crippen LogP) is 4.43. The minimum atomic E-state index is 0.0740. The molecule has 0 amide bonds. The van der Waals surface area contributed by atoms with Crippen LogP contribution in [0.1, 0.15) is 35.3 Å². The van der Waals surface area contributed by atoms with Crippen LogP contribution in [0.5, 0.6) is 0 Å². The zero-order chi connectivity index (χ0) is 16.9. The molecule has 0 spiro atoms. The quantitative estimate of drug-likeness (QED) is 0.467. The highest BCUT2D eigenvalue weighted by Crippen LogP contribution is 2.24. The minimum absolute atomic E-state index is 0.0740. The first-order valence-corrected chi connectivity index (χ1v) is 8.85. The Morgan fingerprint density at radius 2 is 2.04 bits per heavy atom. The van der Waals surface area contributed by atoms with Crippen LogP contribution in [0.15, 0.2) is 50.7 Å². The number of hydrogen-bond acceptors (Lipinski definition) is 6. The molecule has 6 heteroatoms. The van der Waals surface area contributed by atoms with Gasteiger partial charge in [-0.2, -0.15) is 0 Å². The Kier molecular flexibility index (Phi) is 5.15. The van der Waals surface area contributed by atoms with E-state index in [1.165, 1.54) is 17.3 Å². The Morgan fingerprint density at radius 3 is 2.75 bits per heavy atom. The van der Waals surface area contributed by atoms with E-state index in [-0.39, 0.29) is 11.5 Å². The highest BCUT2D eigenvalue weighted by Gasteiger charge is 2.15. The summed E-state index contributed by atoms with van der Waals surface area (Å²) in [5, 5.41) is 8.24. The van der Waals surface area contributed by atoms with Gasteiger partial charge in [0.25, 0.3) is 11.1 Å². The lowest BCUT2D eigenvalue weighted by Crippen LogP contribution is -2.07. The lowest BCUT2D eigenvalue weighted by Gasteiger charge is -2.08. The number of carbonyl (C=O) groups is 1. The van der Waals surface area contributed by atoms with Crippen molar-refractivity contribution in [3.8, 4) is 11.7 Å². The van der Waals surface area contributed by atoms with Crippen LogP contribution < -0.4 is 0 Å². The van der Waals surface area contributed by atoms with E-state index in [9.17, 15) is 4.79 Å². The molecule has 0 aliphatic carbocycles. The standard InChI is InChI=1S/C18H18N2O3S/c1-3-12-7-8-13(4-2)14(10-12)15(21)11-24-18-20-19-17(23-18)16-6-5-9-22-16/h5-10H,3-4,11H2,1-2H3. The SMILES string of the molecule is CCc1ccc(CC)c(C(=O)CSc2nnc(-c3ccco3)o2)c1. The summed E-state index contributed by atoms with van der Waals surface area (Å²) in [7, 11) is 0. The summed E-state index contributed by atoms with van der Waals surface area (Å²) in [6.07, 6.45) is 3.29. The summed E-state index contributed by atoms with van der Waals surface area (Å²) in [5.41, 5.74) is 3.02. The fourth-order valence-electron chi connectivity index (χ4n) is 2.38. The molecule has 0 atom stereocenters. The van der Waals surface area contributed by atoms with Gasteiger partial charge in [0.15, 0.2) is 11.5 Å². The smallest absolute Gasteiger partial charge is 0.284 e.